The normalized spacial score (nSPS) is 10.9. The molecule has 2 N–H and O–H groups in total. The van der Waals surface area contributed by atoms with Crippen molar-refractivity contribution in [3.8, 4) is 22.8 Å². The second-order valence-corrected chi connectivity index (χ2v) is 5.32. The van der Waals surface area contributed by atoms with Crippen molar-refractivity contribution in [1.82, 2.24) is 20.2 Å². The third kappa shape index (κ3) is 2.34. The molecule has 6 nitrogen and oxygen atoms in total. The van der Waals surface area contributed by atoms with Crippen LogP contribution in [0, 0.1) is 0 Å². The summed E-state index contributed by atoms with van der Waals surface area (Å²) in [4.78, 5) is 19.5. The Hall–Kier alpha value is -3.41. The van der Waals surface area contributed by atoms with Gasteiger partial charge in [0.1, 0.15) is 5.69 Å². The van der Waals surface area contributed by atoms with E-state index in [1.807, 2.05) is 36.5 Å². The molecule has 0 atom stereocenters. The molecule has 0 aliphatic rings. The molecule has 4 aromatic rings. The van der Waals surface area contributed by atoms with E-state index < -0.39 is 0 Å². The van der Waals surface area contributed by atoms with E-state index in [2.05, 4.69) is 20.2 Å². The van der Waals surface area contributed by atoms with Gasteiger partial charge in [-0.15, -0.1) is 0 Å². The third-order valence-electron chi connectivity index (χ3n) is 3.86. The van der Waals surface area contributed by atoms with Gasteiger partial charge in [-0.05, 0) is 18.2 Å². The molecule has 0 fully saturated rings. The van der Waals surface area contributed by atoms with Crippen molar-refractivity contribution in [1.29, 1.82) is 0 Å². The molecule has 4 rings (SSSR count). The maximum Gasteiger partial charge on any atom is 0.337 e. The second kappa shape index (κ2) is 5.66. The summed E-state index contributed by atoms with van der Waals surface area (Å²) in [6, 6.07) is 15.2. The number of fused-ring (bicyclic) bond motifs is 1. The van der Waals surface area contributed by atoms with Gasteiger partial charge in [-0.3, -0.25) is 5.10 Å². The summed E-state index contributed by atoms with van der Waals surface area (Å²) >= 11 is 0. The number of hydrogen-bond acceptors (Lipinski definition) is 4. The zero-order chi connectivity index (χ0) is 16.5. The fraction of sp³-hybridized carbons (Fsp3) is 0.0556. The van der Waals surface area contributed by atoms with Gasteiger partial charge in [0, 0.05) is 17.1 Å². The van der Waals surface area contributed by atoms with E-state index in [4.69, 9.17) is 4.74 Å². The molecule has 2 heterocycles. The number of aromatic nitrogens is 4. The van der Waals surface area contributed by atoms with Crippen molar-refractivity contribution in [3.05, 3.63) is 60.3 Å². The number of imidazole rings is 1. The van der Waals surface area contributed by atoms with Crippen LogP contribution in [0.3, 0.4) is 0 Å². The fourth-order valence-electron chi connectivity index (χ4n) is 2.64. The minimum absolute atomic E-state index is 0.381. The average molecular weight is 318 g/mol. The highest BCUT2D eigenvalue weighted by Crippen LogP contribution is 2.27. The molecule has 0 amide bonds. The lowest BCUT2D eigenvalue weighted by Gasteiger charge is -1.99. The maximum absolute atomic E-state index is 11.7. The van der Waals surface area contributed by atoms with E-state index in [1.165, 1.54) is 7.11 Å². The number of nitrogens with zero attached hydrogens (tertiary/aromatic N) is 2. The van der Waals surface area contributed by atoms with Gasteiger partial charge in [0.25, 0.3) is 0 Å². The number of hydrogen-bond donors (Lipinski definition) is 2. The first-order chi connectivity index (χ1) is 11.8. The quantitative estimate of drug-likeness (QED) is 0.567. The molecule has 0 aliphatic heterocycles. The molecule has 0 aliphatic carbocycles. The predicted molar refractivity (Wildman–Crippen MR) is 90.5 cm³/mol. The van der Waals surface area contributed by atoms with Crippen LogP contribution in [-0.4, -0.2) is 33.2 Å². The Labute approximate surface area is 137 Å². The molecule has 0 saturated heterocycles. The van der Waals surface area contributed by atoms with Crippen molar-refractivity contribution in [2.75, 3.05) is 7.11 Å². The summed E-state index contributed by atoms with van der Waals surface area (Å²) in [6.07, 6.45) is 1.84. The number of ether oxygens (including phenoxy) is 1. The molecule has 0 bridgehead atoms. The number of H-pyrrole nitrogens is 2. The SMILES string of the molecule is COC(=O)c1ccc2[nH]nc(-c3nc(-c4ccccc4)c[nH]3)c2c1. The molecule has 0 spiro atoms. The average Bonchev–Trinajstić information content (AvgIpc) is 3.28. The maximum atomic E-state index is 11.7. The van der Waals surface area contributed by atoms with Gasteiger partial charge in [-0.1, -0.05) is 30.3 Å². The van der Waals surface area contributed by atoms with Gasteiger partial charge < -0.3 is 9.72 Å². The lowest BCUT2D eigenvalue weighted by atomic mass is 10.1. The number of carbonyl (C=O) groups excluding carboxylic acids is 1. The Morgan fingerprint density at radius 3 is 2.75 bits per heavy atom. The largest absolute Gasteiger partial charge is 0.465 e. The van der Waals surface area contributed by atoms with Crippen LogP contribution < -0.4 is 0 Å². The van der Waals surface area contributed by atoms with Crippen molar-refractivity contribution in [3.63, 3.8) is 0 Å². The molecule has 0 saturated carbocycles. The molecule has 118 valence electrons. The standard InChI is InChI=1S/C18H14N4O2/c1-24-18(23)12-7-8-14-13(9-12)16(22-21-14)17-19-10-15(20-17)11-5-3-2-4-6-11/h2-10H,1H3,(H,19,20)(H,21,22). The van der Waals surface area contributed by atoms with Gasteiger partial charge in [0.2, 0.25) is 0 Å². The third-order valence-corrected chi connectivity index (χ3v) is 3.86. The minimum atomic E-state index is -0.381. The number of nitrogens with one attached hydrogen (secondary N) is 2. The highest BCUT2D eigenvalue weighted by atomic mass is 16.5. The van der Waals surface area contributed by atoms with Crippen LogP contribution in [0.1, 0.15) is 10.4 Å². The van der Waals surface area contributed by atoms with E-state index in [-0.39, 0.29) is 5.97 Å². The molecular weight excluding hydrogens is 304 g/mol. The molecule has 0 unspecified atom stereocenters. The molecular formula is C18H14N4O2. The summed E-state index contributed by atoms with van der Waals surface area (Å²) in [7, 11) is 1.36. The summed E-state index contributed by atoms with van der Waals surface area (Å²) in [6.45, 7) is 0. The number of rotatable bonds is 3. The summed E-state index contributed by atoms with van der Waals surface area (Å²) in [5.74, 6) is 0.260. The number of esters is 1. The minimum Gasteiger partial charge on any atom is -0.465 e. The number of carbonyl (C=O) groups is 1. The second-order valence-electron chi connectivity index (χ2n) is 5.32. The first-order valence-electron chi connectivity index (χ1n) is 7.44. The highest BCUT2D eigenvalue weighted by Gasteiger charge is 2.15. The van der Waals surface area contributed by atoms with Gasteiger partial charge in [0.05, 0.1) is 23.9 Å². The van der Waals surface area contributed by atoms with Crippen LogP contribution in [0.15, 0.2) is 54.7 Å². The van der Waals surface area contributed by atoms with Crippen LogP contribution in [0.4, 0.5) is 0 Å². The number of methoxy groups -OCH3 is 1. The Bertz CT molecular complexity index is 1020. The van der Waals surface area contributed by atoms with Crippen LogP contribution in [0.5, 0.6) is 0 Å². The van der Waals surface area contributed by atoms with Crippen molar-refractivity contribution < 1.29 is 9.53 Å². The van der Waals surface area contributed by atoms with Gasteiger partial charge in [0.15, 0.2) is 5.82 Å². The van der Waals surface area contributed by atoms with E-state index in [0.29, 0.717) is 17.1 Å². The van der Waals surface area contributed by atoms with E-state index >= 15 is 0 Å². The Morgan fingerprint density at radius 1 is 1.12 bits per heavy atom. The zero-order valence-corrected chi connectivity index (χ0v) is 12.9. The van der Waals surface area contributed by atoms with Crippen molar-refractivity contribution in [2.24, 2.45) is 0 Å². The predicted octanol–water partition coefficient (Wildman–Crippen LogP) is 3.41. The molecule has 6 heteroatoms. The molecule has 24 heavy (non-hydrogen) atoms. The Morgan fingerprint density at radius 2 is 1.96 bits per heavy atom. The van der Waals surface area contributed by atoms with Crippen LogP contribution in [0.2, 0.25) is 0 Å². The smallest absolute Gasteiger partial charge is 0.337 e. The number of aromatic amines is 2. The van der Waals surface area contributed by atoms with E-state index in [1.54, 1.807) is 18.2 Å². The van der Waals surface area contributed by atoms with Crippen molar-refractivity contribution in [2.45, 2.75) is 0 Å². The zero-order valence-electron chi connectivity index (χ0n) is 12.9. The van der Waals surface area contributed by atoms with Gasteiger partial charge >= 0.3 is 5.97 Å². The van der Waals surface area contributed by atoms with Crippen LogP contribution >= 0.6 is 0 Å². The van der Waals surface area contributed by atoms with Crippen molar-refractivity contribution >= 4 is 16.9 Å². The lowest BCUT2D eigenvalue weighted by molar-refractivity contribution is 0.0601. The highest BCUT2D eigenvalue weighted by molar-refractivity contribution is 5.98. The molecule has 2 aromatic heterocycles. The molecule has 0 radical (unpaired) electrons. The van der Waals surface area contributed by atoms with Crippen LogP contribution in [0.25, 0.3) is 33.7 Å². The number of benzene rings is 2. The molecule has 2 aromatic carbocycles. The van der Waals surface area contributed by atoms with Gasteiger partial charge in [-0.25, -0.2) is 9.78 Å². The van der Waals surface area contributed by atoms with Crippen LogP contribution in [-0.2, 0) is 4.74 Å². The topological polar surface area (TPSA) is 83.7 Å². The first kappa shape index (κ1) is 14.2. The fourth-order valence-corrected chi connectivity index (χ4v) is 2.64. The monoisotopic (exact) mass is 318 g/mol. The summed E-state index contributed by atoms with van der Waals surface area (Å²) < 4.78 is 4.78. The lowest BCUT2D eigenvalue weighted by Crippen LogP contribution is -2.00. The first-order valence-corrected chi connectivity index (χ1v) is 7.44. The Balaban J connectivity index is 1.79. The van der Waals surface area contributed by atoms with E-state index in [9.17, 15) is 4.79 Å². The van der Waals surface area contributed by atoms with Gasteiger partial charge in [-0.2, -0.15) is 5.10 Å². The van der Waals surface area contributed by atoms with E-state index in [0.717, 1.165) is 22.2 Å². The Kier molecular flexibility index (Phi) is 3.35. The summed E-state index contributed by atoms with van der Waals surface area (Å²) in [5, 5.41) is 8.10. The summed E-state index contributed by atoms with van der Waals surface area (Å²) in [5.41, 5.74) is 3.83.